The zero-order valence-electron chi connectivity index (χ0n) is 14.2. The number of aryl methyl sites for hydroxylation is 1. The van der Waals surface area contributed by atoms with E-state index in [-0.39, 0.29) is 11.0 Å². The first-order chi connectivity index (χ1) is 12.1. The molecule has 0 bridgehead atoms. The molecule has 126 valence electrons. The highest BCUT2D eigenvalue weighted by molar-refractivity contribution is 6.04. The average Bonchev–Trinajstić information content (AvgIpc) is 2.60. The molecule has 5 heteroatoms. The van der Waals surface area contributed by atoms with E-state index in [0.29, 0.717) is 18.1 Å². The van der Waals surface area contributed by atoms with E-state index in [1.54, 1.807) is 31.3 Å². The van der Waals surface area contributed by atoms with Gasteiger partial charge >= 0.3 is 0 Å². The summed E-state index contributed by atoms with van der Waals surface area (Å²) in [7, 11) is 0. The van der Waals surface area contributed by atoms with Gasteiger partial charge in [0.05, 0.1) is 0 Å². The van der Waals surface area contributed by atoms with E-state index in [9.17, 15) is 9.59 Å². The normalized spacial score (nSPS) is 10.5. The van der Waals surface area contributed by atoms with Crippen LogP contribution in [0.3, 0.4) is 0 Å². The maximum absolute atomic E-state index is 12.6. The Labute approximate surface area is 146 Å². The number of nitrogens with zero attached hydrogens (tertiary/aromatic N) is 2. The van der Waals surface area contributed by atoms with Crippen molar-refractivity contribution in [2.24, 2.45) is 0 Å². The Morgan fingerprint density at radius 1 is 1.08 bits per heavy atom. The lowest BCUT2D eigenvalue weighted by Crippen LogP contribution is -2.27. The van der Waals surface area contributed by atoms with Gasteiger partial charge in [0.2, 0.25) is 0 Å². The summed E-state index contributed by atoms with van der Waals surface area (Å²) in [4.78, 5) is 29.1. The average molecular weight is 333 g/mol. The van der Waals surface area contributed by atoms with Gasteiger partial charge in [-0.15, -0.1) is 0 Å². The molecule has 3 aromatic rings. The number of benzene rings is 1. The second kappa shape index (κ2) is 7.13. The maximum atomic E-state index is 12.6. The number of pyridine rings is 2. The van der Waals surface area contributed by atoms with Crippen LogP contribution >= 0.6 is 0 Å². The van der Waals surface area contributed by atoms with Crippen molar-refractivity contribution < 1.29 is 4.79 Å². The first-order valence-electron chi connectivity index (χ1n) is 8.03. The van der Waals surface area contributed by atoms with E-state index < -0.39 is 5.91 Å². The van der Waals surface area contributed by atoms with Gasteiger partial charge in [-0.25, -0.2) is 4.98 Å². The number of amides is 1. The third-order valence-corrected chi connectivity index (χ3v) is 4.10. The van der Waals surface area contributed by atoms with Gasteiger partial charge in [0.15, 0.2) is 5.43 Å². The number of carbonyl (C=O) groups excluding carboxylic acids is 1. The standard InChI is InChI=1S/C20H19N3O2/c1-14-12-17(24)19(20(25)22-18-10-6-7-11-21-18)15(2)23(14)13-16-8-4-3-5-9-16/h3-12H,13H2,1-2H3,(H,21,22,25). The van der Waals surface area contributed by atoms with Crippen LogP contribution in [-0.4, -0.2) is 15.5 Å². The number of hydrogen-bond donors (Lipinski definition) is 1. The molecule has 0 aliphatic carbocycles. The van der Waals surface area contributed by atoms with Crippen molar-refractivity contribution in [3.63, 3.8) is 0 Å². The summed E-state index contributed by atoms with van der Waals surface area (Å²) >= 11 is 0. The van der Waals surface area contributed by atoms with Crippen molar-refractivity contribution in [1.29, 1.82) is 0 Å². The lowest BCUT2D eigenvalue weighted by molar-refractivity contribution is 0.102. The molecule has 1 aromatic carbocycles. The largest absolute Gasteiger partial charge is 0.344 e. The molecule has 0 unspecified atom stereocenters. The second-order valence-electron chi connectivity index (χ2n) is 5.85. The zero-order chi connectivity index (χ0) is 17.8. The molecule has 2 aromatic heterocycles. The van der Waals surface area contributed by atoms with E-state index in [0.717, 1.165) is 11.3 Å². The van der Waals surface area contributed by atoms with Crippen LogP contribution in [0, 0.1) is 13.8 Å². The summed E-state index contributed by atoms with van der Waals surface area (Å²) in [6.45, 7) is 4.27. The highest BCUT2D eigenvalue weighted by Gasteiger charge is 2.18. The minimum atomic E-state index is -0.442. The summed E-state index contributed by atoms with van der Waals surface area (Å²) in [6.07, 6.45) is 1.59. The number of aromatic nitrogens is 2. The first-order valence-corrected chi connectivity index (χ1v) is 8.03. The van der Waals surface area contributed by atoms with Crippen LogP contribution in [-0.2, 0) is 6.54 Å². The Hall–Kier alpha value is -3.21. The van der Waals surface area contributed by atoms with E-state index in [1.807, 2.05) is 41.8 Å². The van der Waals surface area contributed by atoms with Gasteiger partial charge in [-0.1, -0.05) is 36.4 Å². The zero-order valence-corrected chi connectivity index (χ0v) is 14.2. The summed E-state index contributed by atoms with van der Waals surface area (Å²) in [5.74, 6) is -0.0236. The fourth-order valence-electron chi connectivity index (χ4n) is 2.82. The Morgan fingerprint density at radius 2 is 1.80 bits per heavy atom. The quantitative estimate of drug-likeness (QED) is 0.798. The number of carbonyl (C=O) groups is 1. The minimum Gasteiger partial charge on any atom is -0.344 e. The van der Waals surface area contributed by atoms with Gasteiger partial charge in [0.25, 0.3) is 5.91 Å². The molecule has 25 heavy (non-hydrogen) atoms. The van der Waals surface area contributed by atoms with Crippen molar-refractivity contribution in [3.8, 4) is 0 Å². The van der Waals surface area contributed by atoms with Gasteiger partial charge in [-0.2, -0.15) is 0 Å². The Kier molecular flexibility index (Phi) is 4.75. The molecule has 0 aliphatic rings. The summed E-state index contributed by atoms with van der Waals surface area (Å²) in [5.41, 5.74) is 2.43. The molecule has 0 radical (unpaired) electrons. The Balaban J connectivity index is 1.98. The lowest BCUT2D eigenvalue weighted by atomic mass is 10.1. The van der Waals surface area contributed by atoms with Gasteiger partial charge in [0.1, 0.15) is 11.4 Å². The lowest BCUT2D eigenvalue weighted by Gasteiger charge is -2.17. The predicted molar refractivity (Wildman–Crippen MR) is 97.9 cm³/mol. The molecular formula is C20H19N3O2. The molecule has 0 saturated heterocycles. The Morgan fingerprint density at radius 3 is 2.48 bits per heavy atom. The smallest absolute Gasteiger partial charge is 0.262 e. The summed E-state index contributed by atoms with van der Waals surface area (Å²) in [5, 5.41) is 2.69. The van der Waals surface area contributed by atoms with Crippen molar-refractivity contribution in [1.82, 2.24) is 9.55 Å². The molecule has 1 amide bonds. The van der Waals surface area contributed by atoms with Crippen molar-refractivity contribution in [2.45, 2.75) is 20.4 Å². The topological polar surface area (TPSA) is 64.0 Å². The third kappa shape index (κ3) is 3.66. The molecule has 5 nitrogen and oxygen atoms in total. The predicted octanol–water partition coefficient (Wildman–Crippen LogP) is 3.16. The fourth-order valence-corrected chi connectivity index (χ4v) is 2.82. The van der Waals surface area contributed by atoms with Crippen molar-refractivity contribution in [2.75, 3.05) is 5.32 Å². The molecule has 3 rings (SSSR count). The molecule has 0 aliphatic heterocycles. The number of hydrogen-bond acceptors (Lipinski definition) is 3. The summed E-state index contributed by atoms with van der Waals surface area (Å²) in [6, 6.07) is 16.7. The Bertz CT molecular complexity index is 948. The number of nitrogens with one attached hydrogen (secondary N) is 1. The van der Waals surface area contributed by atoms with Crippen molar-refractivity contribution in [3.05, 3.63) is 93.5 Å². The van der Waals surface area contributed by atoms with Crippen LogP contribution in [0.2, 0.25) is 0 Å². The second-order valence-corrected chi connectivity index (χ2v) is 5.85. The van der Waals surface area contributed by atoms with Gasteiger partial charge in [0, 0.05) is 30.2 Å². The van der Waals surface area contributed by atoms with E-state index in [4.69, 9.17) is 0 Å². The first kappa shape index (κ1) is 16.6. The fraction of sp³-hybridized carbons (Fsp3) is 0.150. The van der Waals surface area contributed by atoms with Gasteiger partial charge < -0.3 is 9.88 Å². The molecular weight excluding hydrogens is 314 g/mol. The van der Waals surface area contributed by atoms with Gasteiger partial charge in [-0.3, -0.25) is 9.59 Å². The molecule has 1 N–H and O–H groups in total. The van der Waals surface area contributed by atoms with Crippen LogP contribution in [0.4, 0.5) is 5.82 Å². The van der Waals surface area contributed by atoms with Crippen LogP contribution < -0.4 is 10.7 Å². The van der Waals surface area contributed by atoms with E-state index in [1.165, 1.54) is 6.07 Å². The highest BCUT2D eigenvalue weighted by Crippen LogP contribution is 2.13. The summed E-state index contributed by atoms with van der Waals surface area (Å²) < 4.78 is 1.98. The SMILES string of the molecule is Cc1cc(=O)c(C(=O)Nc2ccccn2)c(C)n1Cc1ccccc1. The minimum absolute atomic E-state index is 0.146. The maximum Gasteiger partial charge on any atom is 0.262 e. The highest BCUT2D eigenvalue weighted by atomic mass is 16.2. The van der Waals surface area contributed by atoms with Gasteiger partial charge in [-0.05, 0) is 31.5 Å². The molecule has 0 fully saturated rings. The van der Waals surface area contributed by atoms with Crippen LogP contribution in [0.1, 0.15) is 27.3 Å². The number of anilines is 1. The number of rotatable bonds is 4. The molecule has 0 spiro atoms. The monoisotopic (exact) mass is 333 g/mol. The van der Waals surface area contributed by atoms with Crippen LogP contribution in [0.15, 0.2) is 65.6 Å². The third-order valence-electron chi connectivity index (χ3n) is 4.10. The van der Waals surface area contributed by atoms with E-state index in [2.05, 4.69) is 10.3 Å². The van der Waals surface area contributed by atoms with Crippen LogP contribution in [0.5, 0.6) is 0 Å². The van der Waals surface area contributed by atoms with E-state index >= 15 is 0 Å². The molecule has 0 saturated carbocycles. The molecule has 2 heterocycles. The molecule has 0 atom stereocenters. The van der Waals surface area contributed by atoms with Crippen LogP contribution in [0.25, 0.3) is 0 Å². The van der Waals surface area contributed by atoms with Crippen molar-refractivity contribution >= 4 is 11.7 Å².